The van der Waals surface area contributed by atoms with E-state index in [-0.39, 0.29) is 0 Å². The van der Waals surface area contributed by atoms with E-state index in [4.69, 9.17) is 4.98 Å². The monoisotopic (exact) mass is 300 g/mol. The van der Waals surface area contributed by atoms with Crippen molar-refractivity contribution in [1.29, 1.82) is 0 Å². The van der Waals surface area contributed by atoms with E-state index in [1.54, 1.807) is 0 Å². The van der Waals surface area contributed by atoms with E-state index in [0.717, 1.165) is 18.2 Å². The fraction of sp³-hybridized carbons (Fsp3) is 0.778. The van der Waals surface area contributed by atoms with Crippen LogP contribution in [0.3, 0.4) is 0 Å². The lowest BCUT2D eigenvalue weighted by molar-refractivity contribution is 0.187. The van der Waals surface area contributed by atoms with E-state index in [1.165, 1.54) is 70.2 Å². The molecule has 1 aliphatic carbocycles. The summed E-state index contributed by atoms with van der Waals surface area (Å²) in [5.41, 5.74) is 2.84. The van der Waals surface area contributed by atoms with Gasteiger partial charge in [0.25, 0.3) is 0 Å². The average molecular weight is 300 g/mol. The number of anilines is 1. The van der Waals surface area contributed by atoms with Gasteiger partial charge in [-0.3, -0.25) is 4.90 Å². The molecule has 0 spiro atoms. The minimum absolute atomic E-state index is 0.494. The zero-order valence-electron chi connectivity index (χ0n) is 13.8. The molecule has 4 heteroatoms. The molecule has 0 radical (unpaired) electrons. The Kier molecular flexibility index (Phi) is 3.81. The number of fused-ring (bicyclic) bond motifs is 1. The molecule has 1 aromatic heterocycles. The van der Waals surface area contributed by atoms with Crippen LogP contribution in [0.4, 0.5) is 5.95 Å². The first kappa shape index (κ1) is 14.4. The third-order valence-corrected chi connectivity index (χ3v) is 6.08. The molecule has 22 heavy (non-hydrogen) atoms. The number of rotatable bonds is 5. The van der Waals surface area contributed by atoms with Crippen LogP contribution in [0, 0.1) is 6.92 Å². The molecule has 1 N–H and O–H groups in total. The molecule has 2 saturated heterocycles. The van der Waals surface area contributed by atoms with E-state index < -0.39 is 0 Å². The van der Waals surface area contributed by atoms with Gasteiger partial charge >= 0.3 is 0 Å². The van der Waals surface area contributed by atoms with Crippen LogP contribution in [-0.4, -0.2) is 40.0 Å². The minimum Gasteiger partial charge on any atom is -0.354 e. The van der Waals surface area contributed by atoms with Crippen molar-refractivity contribution in [3.05, 3.63) is 17.5 Å². The van der Waals surface area contributed by atoms with Crippen LogP contribution in [0.5, 0.6) is 0 Å². The molecule has 1 saturated carbocycles. The van der Waals surface area contributed by atoms with Gasteiger partial charge in [-0.1, -0.05) is 6.42 Å². The predicted octanol–water partition coefficient (Wildman–Crippen LogP) is 3.48. The lowest BCUT2D eigenvalue weighted by Gasteiger charge is -2.32. The lowest BCUT2D eigenvalue weighted by atomic mass is 9.83. The molecule has 0 atom stereocenters. The lowest BCUT2D eigenvalue weighted by Crippen LogP contribution is -2.39. The second kappa shape index (κ2) is 5.80. The third kappa shape index (κ3) is 2.62. The van der Waals surface area contributed by atoms with Crippen LogP contribution in [0.1, 0.15) is 68.7 Å². The summed E-state index contributed by atoms with van der Waals surface area (Å²) < 4.78 is 0. The van der Waals surface area contributed by atoms with Crippen molar-refractivity contribution in [2.45, 2.75) is 69.7 Å². The van der Waals surface area contributed by atoms with Crippen molar-refractivity contribution in [3.63, 3.8) is 0 Å². The molecule has 4 rings (SSSR count). The standard InChI is InChI=1S/C18H28N4/c1-14-13-16(15-5-2-6-15)21-17(20-14)19-10-9-18-7-3-11-22(18)12-4-8-18/h13,15H,2-12H2,1H3,(H,19,20,21). The highest BCUT2D eigenvalue weighted by molar-refractivity contribution is 5.30. The van der Waals surface area contributed by atoms with E-state index in [2.05, 4.69) is 28.2 Å². The second-order valence-electron chi connectivity index (χ2n) is 7.48. The maximum Gasteiger partial charge on any atom is 0.223 e. The zero-order valence-corrected chi connectivity index (χ0v) is 13.8. The number of nitrogens with zero attached hydrogens (tertiary/aromatic N) is 3. The molecule has 3 heterocycles. The van der Waals surface area contributed by atoms with Crippen molar-refractivity contribution in [2.75, 3.05) is 25.0 Å². The molecule has 4 nitrogen and oxygen atoms in total. The molecule has 3 fully saturated rings. The normalized spacial score (nSPS) is 24.2. The molecule has 0 aromatic carbocycles. The number of aromatic nitrogens is 2. The topological polar surface area (TPSA) is 41.1 Å². The number of hydrogen-bond acceptors (Lipinski definition) is 4. The fourth-order valence-corrected chi connectivity index (χ4v) is 4.63. The van der Waals surface area contributed by atoms with E-state index in [9.17, 15) is 0 Å². The summed E-state index contributed by atoms with van der Waals surface area (Å²) in [7, 11) is 0. The SMILES string of the molecule is Cc1cc(C2CCC2)nc(NCCC23CCCN2CCC3)n1. The maximum absolute atomic E-state index is 4.77. The number of aryl methyl sites for hydroxylation is 1. The van der Waals surface area contributed by atoms with Gasteiger partial charge in [-0.2, -0.15) is 0 Å². The summed E-state index contributed by atoms with van der Waals surface area (Å²) >= 11 is 0. The van der Waals surface area contributed by atoms with Crippen molar-refractivity contribution in [1.82, 2.24) is 14.9 Å². The molecule has 0 amide bonds. The van der Waals surface area contributed by atoms with Crippen LogP contribution in [0.25, 0.3) is 0 Å². The van der Waals surface area contributed by atoms with Crippen LogP contribution in [0.15, 0.2) is 6.07 Å². The Bertz CT molecular complexity index is 528. The average Bonchev–Trinajstić information content (AvgIpc) is 2.95. The molecular formula is C18H28N4. The quantitative estimate of drug-likeness (QED) is 0.904. The van der Waals surface area contributed by atoms with Crippen molar-refractivity contribution in [2.24, 2.45) is 0 Å². The largest absolute Gasteiger partial charge is 0.354 e. The van der Waals surface area contributed by atoms with Crippen LogP contribution in [0.2, 0.25) is 0 Å². The smallest absolute Gasteiger partial charge is 0.223 e. The molecule has 2 aliphatic heterocycles. The van der Waals surface area contributed by atoms with E-state index in [0.29, 0.717) is 11.5 Å². The molecule has 3 aliphatic rings. The summed E-state index contributed by atoms with van der Waals surface area (Å²) in [6.07, 6.45) is 10.7. The molecule has 0 bridgehead atoms. The summed E-state index contributed by atoms with van der Waals surface area (Å²) in [5.74, 6) is 1.53. The van der Waals surface area contributed by atoms with Crippen molar-refractivity contribution >= 4 is 5.95 Å². The first-order chi connectivity index (χ1) is 10.8. The summed E-state index contributed by atoms with van der Waals surface area (Å²) in [4.78, 5) is 12.1. The third-order valence-electron chi connectivity index (χ3n) is 6.08. The molecule has 1 aromatic rings. The van der Waals surface area contributed by atoms with Crippen LogP contribution >= 0.6 is 0 Å². The number of nitrogens with one attached hydrogen (secondary N) is 1. The minimum atomic E-state index is 0.494. The van der Waals surface area contributed by atoms with Gasteiger partial charge in [0.15, 0.2) is 0 Å². The number of hydrogen-bond donors (Lipinski definition) is 1. The van der Waals surface area contributed by atoms with Gasteiger partial charge < -0.3 is 5.32 Å². The van der Waals surface area contributed by atoms with Gasteiger partial charge in [0.1, 0.15) is 0 Å². The van der Waals surface area contributed by atoms with Gasteiger partial charge in [0.05, 0.1) is 0 Å². The highest BCUT2D eigenvalue weighted by Crippen LogP contribution is 2.41. The van der Waals surface area contributed by atoms with Gasteiger partial charge in [-0.15, -0.1) is 0 Å². The van der Waals surface area contributed by atoms with Gasteiger partial charge in [0, 0.05) is 29.4 Å². The summed E-state index contributed by atoms with van der Waals surface area (Å²) in [6, 6.07) is 2.17. The Labute approximate surface area is 133 Å². The Morgan fingerprint density at radius 3 is 2.64 bits per heavy atom. The summed E-state index contributed by atoms with van der Waals surface area (Å²) in [5, 5.41) is 3.51. The first-order valence-corrected chi connectivity index (χ1v) is 9.10. The predicted molar refractivity (Wildman–Crippen MR) is 89.2 cm³/mol. The van der Waals surface area contributed by atoms with Crippen LogP contribution in [-0.2, 0) is 0 Å². The zero-order chi connectivity index (χ0) is 15.0. The Hall–Kier alpha value is -1.16. The van der Waals surface area contributed by atoms with Crippen LogP contribution < -0.4 is 5.32 Å². The summed E-state index contributed by atoms with van der Waals surface area (Å²) in [6.45, 7) is 5.72. The van der Waals surface area contributed by atoms with Crippen molar-refractivity contribution < 1.29 is 0 Å². The molecule has 120 valence electrons. The molecule has 0 unspecified atom stereocenters. The Balaban J connectivity index is 1.38. The highest BCUT2D eigenvalue weighted by atomic mass is 15.2. The highest BCUT2D eigenvalue weighted by Gasteiger charge is 2.43. The van der Waals surface area contributed by atoms with Gasteiger partial charge in [-0.05, 0) is 71.0 Å². The van der Waals surface area contributed by atoms with E-state index >= 15 is 0 Å². The fourth-order valence-electron chi connectivity index (χ4n) is 4.63. The second-order valence-corrected chi connectivity index (χ2v) is 7.48. The van der Waals surface area contributed by atoms with Gasteiger partial charge in [-0.25, -0.2) is 9.97 Å². The van der Waals surface area contributed by atoms with Gasteiger partial charge in [0.2, 0.25) is 5.95 Å². The van der Waals surface area contributed by atoms with E-state index in [1.807, 2.05) is 0 Å². The Morgan fingerprint density at radius 2 is 1.95 bits per heavy atom. The van der Waals surface area contributed by atoms with Crippen molar-refractivity contribution in [3.8, 4) is 0 Å². The maximum atomic E-state index is 4.77. The molecular weight excluding hydrogens is 272 g/mol. The Morgan fingerprint density at radius 1 is 1.18 bits per heavy atom. The first-order valence-electron chi connectivity index (χ1n) is 9.10.